The summed E-state index contributed by atoms with van der Waals surface area (Å²) < 4.78 is 2.09. The molecule has 0 radical (unpaired) electrons. The van der Waals surface area contributed by atoms with E-state index in [1.165, 1.54) is 11.1 Å². The molecule has 8 heteroatoms. The molecule has 2 N–H and O–H groups in total. The van der Waals surface area contributed by atoms with E-state index >= 15 is 0 Å². The zero-order chi connectivity index (χ0) is 19.8. The average molecular weight is 511 g/mol. The van der Waals surface area contributed by atoms with Crippen LogP contribution < -0.4 is 10.6 Å². The highest BCUT2D eigenvalue weighted by Crippen LogP contribution is 2.16. The highest BCUT2D eigenvalue weighted by atomic mass is 127. The Morgan fingerprint density at radius 1 is 1.24 bits per heavy atom. The van der Waals surface area contributed by atoms with E-state index in [1.807, 2.05) is 7.05 Å². The maximum Gasteiger partial charge on any atom is 0.191 e. The minimum atomic E-state index is 0. The van der Waals surface area contributed by atoms with Gasteiger partial charge < -0.3 is 15.2 Å². The van der Waals surface area contributed by atoms with Crippen LogP contribution in [0.3, 0.4) is 0 Å². The fourth-order valence-electron chi connectivity index (χ4n) is 3.69. The van der Waals surface area contributed by atoms with Crippen LogP contribution in [0.15, 0.2) is 35.6 Å². The Labute approximate surface area is 191 Å². The Balaban J connectivity index is 0.00000300. The lowest BCUT2D eigenvalue weighted by Crippen LogP contribution is -2.49. The van der Waals surface area contributed by atoms with Gasteiger partial charge in [0.25, 0.3) is 0 Å². The third kappa shape index (κ3) is 6.95. The van der Waals surface area contributed by atoms with Gasteiger partial charge in [0.05, 0.1) is 0 Å². The molecular formula is C21H34IN7. The summed E-state index contributed by atoms with van der Waals surface area (Å²) in [5, 5.41) is 15.1. The number of rotatable bonds is 7. The van der Waals surface area contributed by atoms with Gasteiger partial charge in [-0.3, -0.25) is 9.89 Å². The lowest BCUT2D eigenvalue weighted by molar-refractivity contribution is 0.198. The monoisotopic (exact) mass is 511 g/mol. The fraction of sp³-hybridized carbons (Fsp3) is 0.571. The van der Waals surface area contributed by atoms with Crippen molar-refractivity contribution in [3.05, 3.63) is 47.5 Å². The highest BCUT2D eigenvalue weighted by molar-refractivity contribution is 14.0. The van der Waals surface area contributed by atoms with E-state index < -0.39 is 0 Å². The van der Waals surface area contributed by atoms with Crippen molar-refractivity contribution in [3.8, 4) is 0 Å². The molecule has 0 unspecified atom stereocenters. The van der Waals surface area contributed by atoms with Gasteiger partial charge >= 0.3 is 0 Å². The lowest BCUT2D eigenvalue weighted by atomic mass is 10.0. The summed E-state index contributed by atoms with van der Waals surface area (Å²) in [7, 11) is 1.83. The van der Waals surface area contributed by atoms with E-state index in [9.17, 15) is 0 Å². The third-order valence-electron chi connectivity index (χ3n) is 5.46. The quantitative estimate of drug-likeness (QED) is 0.340. The zero-order valence-electron chi connectivity index (χ0n) is 17.8. The molecule has 0 bridgehead atoms. The first-order valence-corrected chi connectivity index (χ1v) is 10.3. The third-order valence-corrected chi connectivity index (χ3v) is 5.46. The van der Waals surface area contributed by atoms with Crippen LogP contribution in [0.2, 0.25) is 0 Å². The molecule has 1 aromatic carbocycles. The maximum atomic E-state index is 4.38. The van der Waals surface area contributed by atoms with Crippen LogP contribution in [0.4, 0.5) is 0 Å². The molecule has 0 spiro atoms. The van der Waals surface area contributed by atoms with E-state index in [1.54, 1.807) is 6.33 Å². The Kier molecular flexibility index (Phi) is 9.86. The topological polar surface area (TPSA) is 70.4 Å². The van der Waals surface area contributed by atoms with Gasteiger partial charge in [-0.05, 0) is 30.9 Å². The molecule has 2 heterocycles. The molecule has 0 atom stereocenters. The molecule has 1 aliphatic heterocycles. The smallest absolute Gasteiger partial charge is 0.191 e. The zero-order valence-corrected chi connectivity index (χ0v) is 20.1. The second-order valence-corrected chi connectivity index (χ2v) is 7.41. The van der Waals surface area contributed by atoms with Gasteiger partial charge in [-0.2, -0.15) is 0 Å². The molecule has 0 aliphatic carbocycles. The van der Waals surface area contributed by atoms with Gasteiger partial charge in [0.1, 0.15) is 12.2 Å². The van der Waals surface area contributed by atoms with Crippen molar-refractivity contribution < 1.29 is 0 Å². The number of aromatic nitrogens is 3. The van der Waals surface area contributed by atoms with Gasteiger partial charge in [0.2, 0.25) is 0 Å². The number of aryl methyl sites for hydroxylation is 2. The SMILES string of the molecule is CCc1nncn1CCNC(=NC)NC1CCN(Cc2ccccc2C)CC1.I. The Bertz CT molecular complexity index is 766. The van der Waals surface area contributed by atoms with Crippen LogP contribution in [0, 0.1) is 6.92 Å². The maximum absolute atomic E-state index is 4.38. The van der Waals surface area contributed by atoms with Crippen molar-refractivity contribution in [2.75, 3.05) is 26.7 Å². The minimum Gasteiger partial charge on any atom is -0.355 e. The van der Waals surface area contributed by atoms with Gasteiger partial charge in [0.15, 0.2) is 5.96 Å². The number of nitrogens with one attached hydrogen (secondary N) is 2. The predicted octanol–water partition coefficient (Wildman–Crippen LogP) is 2.60. The Morgan fingerprint density at radius 3 is 2.69 bits per heavy atom. The summed E-state index contributed by atoms with van der Waals surface area (Å²) in [6.07, 6.45) is 4.96. The number of piperidine rings is 1. The molecule has 0 saturated carbocycles. The predicted molar refractivity (Wildman–Crippen MR) is 129 cm³/mol. The van der Waals surface area contributed by atoms with Crippen LogP contribution >= 0.6 is 24.0 Å². The van der Waals surface area contributed by atoms with Crippen molar-refractivity contribution in [2.24, 2.45) is 4.99 Å². The summed E-state index contributed by atoms with van der Waals surface area (Å²) in [5.41, 5.74) is 2.82. The van der Waals surface area contributed by atoms with Crippen molar-refractivity contribution in [1.82, 2.24) is 30.3 Å². The average Bonchev–Trinajstić information content (AvgIpc) is 3.18. The van der Waals surface area contributed by atoms with Crippen molar-refractivity contribution in [3.63, 3.8) is 0 Å². The number of hydrogen-bond donors (Lipinski definition) is 2. The number of aliphatic imine (C=N–C) groups is 1. The first-order chi connectivity index (χ1) is 13.7. The van der Waals surface area contributed by atoms with E-state index in [0.717, 1.165) is 63.8 Å². The number of benzene rings is 1. The summed E-state index contributed by atoms with van der Waals surface area (Å²) in [6, 6.07) is 9.16. The number of hydrogen-bond acceptors (Lipinski definition) is 4. The second kappa shape index (κ2) is 12.1. The lowest BCUT2D eigenvalue weighted by Gasteiger charge is -2.33. The van der Waals surface area contributed by atoms with Gasteiger partial charge in [0, 0.05) is 52.2 Å². The molecule has 1 aromatic heterocycles. The summed E-state index contributed by atoms with van der Waals surface area (Å²) >= 11 is 0. The van der Waals surface area contributed by atoms with E-state index in [4.69, 9.17) is 0 Å². The van der Waals surface area contributed by atoms with Gasteiger partial charge in [-0.15, -0.1) is 34.2 Å². The fourth-order valence-corrected chi connectivity index (χ4v) is 3.69. The Morgan fingerprint density at radius 2 is 2.00 bits per heavy atom. The summed E-state index contributed by atoms with van der Waals surface area (Å²) in [5.74, 6) is 1.90. The first kappa shape index (κ1) is 23.6. The molecule has 0 amide bonds. The van der Waals surface area contributed by atoms with Gasteiger partial charge in [-0.25, -0.2) is 0 Å². The largest absolute Gasteiger partial charge is 0.355 e. The van der Waals surface area contributed by atoms with Crippen LogP contribution in [-0.2, 0) is 19.5 Å². The molecule has 1 aliphatic rings. The number of nitrogens with zero attached hydrogens (tertiary/aromatic N) is 5. The minimum absolute atomic E-state index is 0. The van der Waals surface area contributed by atoms with Crippen molar-refractivity contribution in [2.45, 2.75) is 52.2 Å². The van der Waals surface area contributed by atoms with Crippen LogP contribution in [-0.4, -0.2) is 58.3 Å². The molecule has 29 heavy (non-hydrogen) atoms. The normalized spacial score (nSPS) is 15.8. The summed E-state index contributed by atoms with van der Waals surface area (Å²) in [6.45, 7) is 9.21. The van der Waals surface area contributed by atoms with Crippen molar-refractivity contribution >= 4 is 29.9 Å². The second-order valence-electron chi connectivity index (χ2n) is 7.41. The van der Waals surface area contributed by atoms with E-state index in [0.29, 0.717) is 6.04 Å². The Hall–Kier alpha value is -1.68. The van der Waals surface area contributed by atoms with E-state index in [2.05, 4.69) is 73.4 Å². The number of guanidine groups is 1. The molecule has 1 fully saturated rings. The van der Waals surface area contributed by atoms with E-state index in [-0.39, 0.29) is 24.0 Å². The summed E-state index contributed by atoms with van der Waals surface area (Å²) in [4.78, 5) is 6.93. The molecular weight excluding hydrogens is 477 g/mol. The molecule has 1 saturated heterocycles. The highest BCUT2D eigenvalue weighted by Gasteiger charge is 2.20. The van der Waals surface area contributed by atoms with Crippen LogP contribution in [0.25, 0.3) is 0 Å². The van der Waals surface area contributed by atoms with Gasteiger partial charge in [-0.1, -0.05) is 31.2 Å². The number of halogens is 1. The first-order valence-electron chi connectivity index (χ1n) is 10.3. The number of likely N-dealkylation sites (tertiary alicyclic amines) is 1. The van der Waals surface area contributed by atoms with Crippen LogP contribution in [0.1, 0.15) is 36.7 Å². The van der Waals surface area contributed by atoms with Crippen molar-refractivity contribution in [1.29, 1.82) is 0 Å². The van der Waals surface area contributed by atoms with Crippen LogP contribution in [0.5, 0.6) is 0 Å². The molecule has 7 nitrogen and oxygen atoms in total. The molecule has 3 rings (SSSR count). The molecule has 160 valence electrons. The standard InChI is InChI=1S/C21H33N7.HI/c1-4-20-26-24-16-28(20)14-11-23-21(22-3)25-19-9-12-27(13-10-19)15-18-8-6-5-7-17(18)2;/h5-8,16,19H,4,9-15H2,1-3H3,(H2,22,23,25);1H. The molecule has 2 aromatic rings.